The van der Waals surface area contributed by atoms with Crippen LogP contribution in [0.2, 0.25) is 0 Å². The molecular formula is C13H20N4O2. The molecule has 0 saturated heterocycles. The quantitative estimate of drug-likeness (QED) is 0.819. The number of nitrogens with one attached hydrogen (secondary N) is 2. The fourth-order valence-electron chi connectivity index (χ4n) is 1.62. The van der Waals surface area contributed by atoms with Gasteiger partial charge in [0.1, 0.15) is 11.7 Å². The molecule has 1 atom stereocenters. The zero-order valence-electron chi connectivity index (χ0n) is 11.7. The molecule has 1 heterocycles. The minimum atomic E-state index is -0.555. The predicted molar refractivity (Wildman–Crippen MR) is 71.5 cm³/mol. The molecule has 0 bridgehead atoms. The second kappa shape index (κ2) is 6.82. The SMILES string of the molecule is CNC(=O)[C@@H](CC(C)C)NC(=O)c1cnc(C)cn1. The van der Waals surface area contributed by atoms with Gasteiger partial charge < -0.3 is 10.6 Å². The van der Waals surface area contributed by atoms with Gasteiger partial charge in [-0.1, -0.05) is 13.8 Å². The Morgan fingerprint density at radius 2 is 1.95 bits per heavy atom. The number of likely N-dealkylation sites (N-methyl/N-ethyl adjacent to an activating group) is 1. The molecule has 2 N–H and O–H groups in total. The van der Waals surface area contributed by atoms with Crippen molar-refractivity contribution in [2.45, 2.75) is 33.2 Å². The van der Waals surface area contributed by atoms with Crippen molar-refractivity contribution < 1.29 is 9.59 Å². The lowest BCUT2D eigenvalue weighted by atomic mass is 10.0. The summed E-state index contributed by atoms with van der Waals surface area (Å²) < 4.78 is 0. The van der Waals surface area contributed by atoms with E-state index in [0.717, 1.165) is 5.69 Å². The number of nitrogens with zero attached hydrogens (tertiary/aromatic N) is 2. The fraction of sp³-hybridized carbons (Fsp3) is 0.538. The molecule has 1 aromatic rings. The zero-order valence-corrected chi connectivity index (χ0v) is 11.7. The molecule has 0 aliphatic heterocycles. The second-order valence-corrected chi connectivity index (χ2v) is 4.81. The lowest BCUT2D eigenvalue weighted by molar-refractivity contribution is -0.122. The number of amides is 2. The van der Waals surface area contributed by atoms with Crippen LogP contribution in [-0.2, 0) is 4.79 Å². The number of carbonyl (C=O) groups is 2. The van der Waals surface area contributed by atoms with Crippen molar-refractivity contribution in [2.24, 2.45) is 5.92 Å². The van der Waals surface area contributed by atoms with Gasteiger partial charge in [0.2, 0.25) is 5.91 Å². The molecule has 0 unspecified atom stereocenters. The Hall–Kier alpha value is -1.98. The van der Waals surface area contributed by atoms with Crippen LogP contribution >= 0.6 is 0 Å². The topological polar surface area (TPSA) is 84.0 Å². The summed E-state index contributed by atoms with van der Waals surface area (Å²) in [6.07, 6.45) is 3.50. The molecular weight excluding hydrogens is 244 g/mol. The average molecular weight is 264 g/mol. The van der Waals surface area contributed by atoms with Crippen LogP contribution in [0.25, 0.3) is 0 Å². The van der Waals surface area contributed by atoms with Crippen LogP contribution in [0.4, 0.5) is 0 Å². The highest BCUT2D eigenvalue weighted by atomic mass is 16.2. The van der Waals surface area contributed by atoms with Gasteiger partial charge in [0.15, 0.2) is 0 Å². The van der Waals surface area contributed by atoms with Crippen LogP contribution < -0.4 is 10.6 Å². The number of carbonyl (C=O) groups excluding carboxylic acids is 2. The number of hydrogen-bond acceptors (Lipinski definition) is 4. The second-order valence-electron chi connectivity index (χ2n) is 4.81. The molecule has 0 saturated carbocycles. The molecule has 0 aromatic carbocycles. The number of aryl methyl sites for hydroxylation is 1. The zero-order chi connectivity index (χ0) is 14.4. The van der Waals surface area contributed by atoms with Crippen molar-refractivity contribution in [3.63, 3.8) is 0 Å². The van der Waals surface area contributed by atoms with Gasteiger partial charge in [-0.25, -0.2) is 4.98 Å². The minimum Gasteiger partial charge on any atom is -0.357 e. The van der Waals surface area contributed by atoms with Crippen molar-refractivity contribution in [2.75, 3.05) is 7.05 Å². The first-order valence-electron chi connectivity index (χ1n) is 6.25. The normalized spacial score (nSPS) is 12.1. The Bertz CT molecular complexity index is 442. The maximum absolute atomic E-state index is 12.0. The van der Waals surface area contributed by atoms with Crippen LogP contribution in [0.3, 0.4) is 0 Å². The van der Waals surface area contributed by atoms with E-state index in [-0.39, 0.29) is 17.5 Å². The Kier molecular flexibility index (Phi) is 5.41. The summed E-state index contributed by atoms with van der Waals surface area (Å²) in [5, 5.41) is 5.23. The van der Waals surface area contributed by atoms with E-state index in [9.17, 15) is 9.59 Å². The van der Waals surface area contributed by atoms with Crippen LogP contribution in [-0.4, -0.2) is 34.9 Å². The lowest BCUT2D eigenvalue weighted by Crippen LogP contribution is -2.46. The number of hydrogen-bond donors (Lipinski definition) is 2. The molecule has 0 radical (unpaired) electrons. The van der Waals surface area contributed by atoms with E-state index in [2.05, 4.69) is 20.6 Å². The van der Waals surface area contributed by atoms with E-state index in [0.29, 0.717) is 12.3 Å². The van der Waals surface area contributed by atoms with Crippen molar-refractivity contribution in [3.05, 3.63) is 23.8 Å². The lowest BCUT2D eigenvalue weighted by Gasteiger charge is -2.18. The summed E-state index contributed by atoms with van der Waals surface area (Å²) in [6.45, 7) is 5.78. The van der Waals surface area contributed by atoms with E-state index < -0.39 is 6.04 Å². The highest BCUT2D eigenvalue weighted by Crippen LogP contribution is 2.06. The highest BCUT2D eigenvalue weighted by molar-refractivity contribution is 5.95. The minimum absolute atomic E-state index is 0.206. The van der Waals surface area contributed by atoms with Gasteiger partial charge in [-0.2, -0.15) is 0 Å². The van der Waals surface area contributed by atoms with E-state index in [1.54, 1.807) is 14.0 Å². The molecule has 0 aliphatic rings. The molecule has 0 spiro atoms. The molecule has 2 amide bonds. The first-order chi connectivity index (χ1) is 8.93. The van der Waals surface area contributed by atoms with Gasteiger partial charge >= 0.3 is 0 Å². The smallest absolute Gasteiger partial charge is 0.272 e. The predicted octanol–water partition coefficient (Wildman–Crippen LogP) is 0.676. The van der Waals surface area contributed by atoms with Crippen molar-refractivity contribution in [3.8, 4) is 0 Å². The standard InChI is InChI=1S/C13H20N4O2/c1-8(2)5-10(12(18)14-4)17-13(19)11-7-15-9(3)6-16-11/h6-8,10H,5H2,1-4H3,(H,14,18)(H,17,19)/t10-/m1/s1. The molecule has 104 valence electrons. The highest BCUT2D eigenvalue weighted by Gasteiger charge is 2.22. The van der Waals surface area contributed by atoms with E-state index in [1.165, 1.54) is 12.4 Å². The van der Waals surface area contributed by atoms with Crippen molar-refractivity contribution in [1.82, 2.24) is 20.6 Å². The van der Waals surface area contributed by atoms with E-state index in [1.807, 2.05) is 13.8 Å². The molecule has 0 fully saturated rings. The average Bonchev–Trinajstić information content (AvgIpc) is 2.37. The van der Waals surface area contributed by atoms with Crippen LogP contribution in [0.15, 0.2) is 12.4 Å². The third-order valence-electron chi connectivity index (χ3n) is 2.59. The van der Waals surface area contributed by atoms with Gasteiger partial charge in [-0.15, -0.1) is 0 Å². The monoisotopic (exact) mass is 264 g/mol. The first kappa shape index (κ1) is 15.1. The first-order valence-corrected chi connectivity index (χ1v) is 6.25. The maximum Gasteiger partial charge on any atom is 0.272 e. The molecule has 1 rings (SSSR count). The molecule has 19 heavy (non-hydrogen) atoms. The third kappa shape index (κ3) is 4.65. The Balaban J connectivity index is 2.75. The van der Waals surface area contributed by atoms with Gasteiger partial charge in [0.25, 0.3) is 5.91 Å². The molecule has 6 heteroatoms. The van der Waals surface area contributed by atoms with Crippen LogP contribution in [0.5, 0.6) is 0 Å². The molecule has 6 nitrogen and oxygen atoms in total. The van der Waals surface area contributed by atoms with Crippen LogP contribution in [0, 0.1) is 12.8 Å². The maximum atomic E-state index is 12.0. The summed E-state index contributed by atoms with van der Waals surface area (Å²) >= 11 is 0. The van der Waals surface area contributed by atoms with Crippen molar-refractivity contribution in [1.29, 1.82) is 0 Å². The number of aromatic nitrogens is 2. The molecule has 0 aliphatic carbocycles. The fourth-order valence-corrected chi connectivity index (χ4v) is 1.62. The Labute approximate surface area is 113 Å². The summed E-state index contributed by atoms with van der Waals surface area (Å²) in [5.41, 5.74) is 0.949. The summed E-state index contributed by atoms with van der Waals surface area (Å²) in [6, 6.07) is -0.555. The van der Waals surface area contributed by atoms with Gasteiger partial charge in [0.05, 0.1) is 11.9 Å². The van der Waals surface area contributed by atoms with Gasteiger partial charge in [0, 0.05) is 13.2 Å². The van der Waals surface area contributed by atoms with Gasteiger partial charge in [-0.05, 0) is 19.3 Å². The van der Waals surface area contributed by atoms with E-state index >= 15 is 0 Å². The van der Waals surface area contributed by atoms with Gasteiger partial charge in [-0.3, -0.25) is 14.6 Å². The summed E-state index contributed by atoms with van der Waals surface area (Å²) in [4.78, 5) is 31.7. The van der Waals surface area contributed by atoms with Crippen molar-refractivity contribution >= 4 is 11.8 Å². The Morgan fingerprint density at radius 3 is 2.42 bits per heavy atom. The van der Waals surface area contributed by atoms with Crippen LogP contribution in [0.1, 0.15) is 36.5 Å². The largest absolute Gasteiger partial charge is 0.357 e. The third-order valence-corrected chi connectivity index (χ3v) is 2.59. The van der Waals surface area contributed by atoms with E-state index in [4.69, 9.17) is 0 Å². The Morgan fingerprint density at radius 1 is 1.26 bits per heavy atom. The summed E-state index contributed by atoms with van der Waals surface area (Å²) in [7, 11) is 1.55. The molecule has 1 aromatic heterocycles. The summed E-state index contributed by atoms with van der Waals surface area (Å²) in [5.74, 6) is -0.296. The number of rotatable bonds is 5.